The average Bonchev–Trinajstić information content (AvgIpc) is 2.71. The Hall–Kier alpha value is -0.540. The van der Waals surface area contributed by atoms with E-state index in [-0.39, 0.29) is 0 Å². The van der Waals surface area contributed by atoms with E-state index in [4.69, 9.17) is 11.6 Å². The van der Waals surface area contributed by atoms with Gasteiger partial charge >= 0.3 is 0 Å². The molecule has 3 unspecified atom stereocenters. The van der Waals surface area contributed by atoms with E-state index in [2.05, 4.69) is 32.8 Å². The van der Waals surface area contributed by atoms with Gasteiger partial charge in [-0.1, -0.05) is 38.8 Å². The van der Waals surface area contributed by atoms with Gasteiger partial charge in [0.15, 0.2) is 0 Å². The van der Waals surface area contributed by atoms with Gasteiger partial charge in [0.05, 0.1) is 22.0 Å². The molecule has 1 N–H and O–H groups in total. The molecule has 4 heteroatoms. The maximum absolute atomic E-state index is 11.1. The number of aliphatic hydroxyl groups is 1. The van der Waals surface area contributed by atoms with E-state index in [0.717, 1.165) is 42.2 Å². The van der Waals surface area contributed by atoms with Crippen LogP contribution in [0.25, 0.3) is 0 Å². The number of hydrogen-bond acceptors (Lipinski definition) is 2. The van der Waals surface area contributed by atoms with Gasteiger partial charge in [-0.25, -0.2) is 0 Å². The Morgan fingerprint density at radius 2 is 2.05 bits per heavy atom. The molecule has 0 spiro atoms. The molecule has 0 radical (unpaired) electrons. The topological polar surface area (TPSA) is 38.0 Å². The second-order valence-corrected chi connectivity index (χ2v) is 6.82. The number of halogens is 1. The molecule has 0 aromatic carbocycles. The highest BCUT2D eigenvalue weighted by molar-refractivity contribution is 6.31. The lowest BCUT2D eigenvalue weighted by molar-refractivity contribution is -0.0573. The zero-order chi connectivity index (χ0) is 14.9. The Bertz CT molecular complexity index is 471. The maximum Gasteiger partial charge on any atom is 0.0850 e. The monoisotopic (exact) mass is 298 g/mol. The predicted molar refractivity (Wildman–Crippen MR) is 83.1 cm³/mol. The van der Waals surface area contributed by atoms with E-state index in [1.54, 1.807) is 0 Å². The smallest absolute Gasteiger partial charge is 0.0850 e. The van der Waals surface area contributed by atoms with Gasteiger partial charge in [0, 0.05) is 13.0 Å². The molecule has 1 aromatic rings. The molecular formula is C16H27ClN2O. The fraction of sp³-hybridized carbons (Fsp3) is 0.812. The molecule has 0 amide bonds. The summed E-state index contributed by atoms with van der Waals surface area (Å²) in [7, 11) is 0. The molecule has 0 aliphatic heterocycles. The van der Waals surface area contributed by atoms with E-state index in [0.29, 0.717) is 18.3 Å². The van der Waals surface area contributed by atoms with Crippen LogP contribution in [0.3, 0.4) is 0 Å². The van der Waals surface area contributed by atoms with E-state index >= 15 is 0 Å². The van der Waals surface area contributed by atoms with Gasteiger partial charge in [0.1, 0.15) is 0 Å². The fourth-order valence-corrected chi connectivity index (χ4v) is 3.77. The van der Waals surface area contributed by atoms with Crippen molar-refractivity contribution in [2.75, 3.05) is 0 Å². The van der Waals surface area contributed by atoms with Crippen molar-refractivity contribution < 1.29 is 5.11 Å². The lowest BCUT2D eigenvalue weighted by Crippen LogP contribution is -2.44. The minimum Gasteiger partial charge on any atom is -0.389 e. The lowest BCUT2D eigenvalue weighted by atomic mass is 9.70. The van der Waals surface area contributed by atoms with Crippen molar-refractivity contribution in [1.82, 2.24) is 9.78 Å². The zero-order valence-electron chi connectivity index (χ0n) is 13.1. The summed E-state index contributed by atoms with van der Waals surface area (Å²) in [5, 5.41) is 16.4. The van der Waals surface area contributed by atoms with Crippen molar-refractivity contribution in [2.45, 2.75) is 71.9 Å². The molecule has 2 rings (SSSR count). The van der Waals surface area contributed by atoms with Crippen LogP contribution in [0.1, 0.15) is 58.3 Å². The third kappa shape index (κ3) is 2.89. The molecule has 114 valence electrons. The van der Waals surface area contributed by atoms with Crippen molar-refractivity contribution in [3.05, 3.63) is 16.4 Å². The van der Waals surface area contributed by atoms with Gasteiger partial charge in [0.25, 0.3) is 0 Å². The summed E-state index contributed by atoms with van der Waals surface area (Å²) < 4.78 is 1.96. The maximum atomic E-state index is 11.1. The first-order valence-electron chi connectivity index (χ1n) is 7.87. The van der Waals surface area contributed by atoms with Gasteiger partial charge in [-0.05, 0) is 38.0 Å². The van der Waals surface area contributed by atoms with E-state index in [1.165, 1.54) is 6.42 Å². The summed E-state index contributed by atoms with van der Waals surface area (Å²) >= 11 is 6.48. The highest BCUT2D eigenvalue weighted by Crippen LogP contribution is 2.40. The zero-order valence-corrected chi connectivity index (χ0v) is 13.9. The molecule has 0 bridgehead atoms. The molecule has 1 aliphatic carbocycles. The molecule has 1 fully saturated rings. The number of rotatable bonds is 4. The van der Waals surface area contributed by atoms with Crippen LogP contribution in [0.2, 0.25) is 5.02 Å². The first-order valence-corrected chi connectivity index (χ1v) is 8.25. The van der Waals surface area contributed by atoms with Crippen molar-refractivity contribution in [1.29, 1.82) is 0 Å². The molecule has 3 atom stereocenters. The number of aryl methyl sites for hydroxylation is 2. The summed E-state index contributed by atoms with van der Waals surface area (Å²) in [6, 6.07) is 0. The van der Waals surface area contributed by atoms with E-state index in [9.17, 15) is 5.11 Å². The Morgan fingerprint density at radius 1 is 1.35 bits per heavy atom. The SMILES string of the molecule is CCc1nn(CC)c(CC2(O)CC(C)CCC2C)c1Cl. The molecule has 1 heterocycles. The molecule has 1 aromatic heterocycles. The minimum atomic E-state index is -0.640. The third-order valence-electron chi connectivity index (χ3n) is 4.88. The van der Waals surface area contributed by atoms with Gasteiger partial charge in [0.2, 0.25) is 0 Å². The molecule has 3 nitrogen and oxygen atoms in total. The van der Waals surface area contributed by atoms with Crippen LogP contribution >= 0.6 is 11.6 Å². The Balaban J connectivity index is 2.30. The molecular weight excluding hydrogens is 272 g/mol. The highest BCUT2D eigenvalue weighted by atomic mass is 35.5. The Kier molecular flexibility index (Phi) is 4.80. The van der Waals surface area contributed by atoms with Crippen molar-refractivity contribution in [2.24, 2.45) is 11.8 Å². The first-order chi connectivity index (χ1) is 9.41. The van der Waals surface area contributed by atoms with Crippen LogP contribution in [0, 0.1) is 11.8 Å². The van der Waals surface area contributed by atoms with E-state index in [1.807, 2.05) is 4.68 Å². The summed E-state index contributed by atoms with van der Waals surface area (Å²) in [6.45, 7) is 9.33. The first kappa shape index (κ1) is 15.8. The standard InChI is InChI=1S/C16H27ClN2O/c1-5-13-15(17)14(19(6-2)18-13)10-16(20)9-11(3)7-8-12(16)4/h11-12,20H,5-10H2,1-4H3. The summed E-state index contributed by atoms with van der Waals surface area (Å²) in [4.78, 5) is 0. The number of nitrogens with zero attached hydrogens (tertiary/aromatic N) is 2. The highest BCUT2D eigenvalue weighted by Gasteiger charge is 2.40. The number of hydrogen-bond donors (Lipinski definition) is 1. The van der Waals surface area contributed by atoms with Gasteiger partial charge < -0.3 is 5.11 Å². The van der Waals surface area contributed by atoms with Crippen LogP contribution in [-0.4, -0.2) is 20.5 Å². The van der Waals surface area contributed by atoms with Crippen molar-refractivity contribution in [3.8, 4) is 0 Å². The largest absolute Gasteiger partial charge is 0.389 e. The lowest BCUT2D eigenvalue weighted by Gasteiger charge is -2.41. The molecule has 0 saturated heterocycles. The quantitative estimate of drug-likeness (QED) is 0.917. The average molecular weight is 299 g/mol. The summed E-state index contributed by atoms with van der Waals surface area (Å²) in [5.41, 5.74) is 1.32. The molecule has 1 aliphatic rings. The normalized spacial score (nSPS) is 30.7. The predicted octanol–water partition coefficient (Wildman–Crippen LogP) is 3.85. The van der Waals surface area contributed by atoms with Crippen LogP contribution in [0.4, 0.5) is 0 Å². The summed E-state index contributed by atoms with van der Waals surface area (Å²) in [6.07, 6.45) is 4.63. The third-order valence-corrected chi connectivity index (χ3v) is 5.32. The molecule has 20 heavy (non-hydrogen) atoms. The van der Waals surface area contributed by atoms with Crippen LogP contribution in [0.15, 0.2) is 0 Å². The minimum absolute atomic E-state index is 0.319. The van der Waals surface area contributed by atoms with Crippen LogP contribution in [-0.2, 0) is 19.4 Å². The van der Waals surface area contributed by atoms with Crippen molar-refractivity contribution in [3.63, 3.8) is 0 Å². The second kappa shape index (κ2) is 6.07. The van der Waals surface area contributed by atoms with Gasteiger partial charge in [-0.15, -0.1) is 0 Å². The second-order valence-electron chi connectivity index (χ2n) is 6.44. The summed E-state index contributed by atoms with van der Waals surface area (Å²) in [5.74, 6) is 0.902. The van der Waals surface area contributed by atoms with E-state index < -0.39 is 5.60 Å². The number of aromatic nitrogens is 2. The van der Waals surface area contributed by atoms with Gasteiger partial charge in [-0.2, -0.15) is 5.10 Å². The Morgan fingerprint density at radius 3 is 2.65 bits per heavy atom. The fourth-order valence-electron chi connectivity index (χ4n) is 3.43. The van der Waals surface area contributed by atoms with Crippen LogP contribution < -0.4 is 0 Å². The van der Waals surface area contributed by atoms with Gasteiger partial charge in [-0.3, -0.25) is 4.68 Å². The Labute approximate surface area is 127 Å². The van der Waals surface area contributed by atoms with Crippen molar-refractivity contribution >= 4 is 11.6 Å². The van der Waals surface area contributed by atoms with Crippen LogP contribution in [0.5, 0.6) is 0 Å². The molecule has 1 saturated carbocycles.